The lowest BCUT2D eigenvalue weighted by molar-refractivity contribution is -0.115. The van der Waals surface area contributed by atoms with E-state index < -0.39 is 0 Å². The Morgan fingerprint density at radius 1 is 1.43 bits per heavy atom. The molecular formula is C17H21N3O2S. The van der Waals surface area contributed by atoms with Crippen LogP contribution in [-0.2, 0) is 11.3 Å². The van der Waals surface area contributed by atoms with Gasteiger partial charge in [-0.25, -0.2) is 4.98 Å². The number of rotatable bonds is 4. The van der Waals surface area contributed by atoms with Crippen molar-refractivity contribution in [3.63, 3.8) is 0 Å². The second-order valence-electron chi connectivity index (χ2n) is 5.99. The third-order valence-electron chi connectivity index (χ3n) is 3.97. The minimum absolute atomic E-state index is 0.0497. The van der Waals surface area contributed by atoms with Crippen LogP contribution in [0.2, 0.25) is 0 Å². The summed E-state index contributed by atoms with van der Waals surface area (Å²) in [7, 11) is 0. The molecule has 2 heterocycles. The minimum Gasteiger partial charge on any atom is -0.392 e. The first-order valence-electron chi connectivity index (χ1n) is 7.75. The lowest BCUT2D eigenvalue weighted by atomic mass is 10.2. The van der Waals surface area contributed by atoms with Crippen molar-refractivity contribution in [2.24, 2.45) is 0 Å². The number of aromatic nitrogens is 1. The van der Waals surface area contributed by atoms with Crippen LogP contribution in [0.25, 0.3) is 0 Å². The molecule has 1 fully saturated rings. The molecule has 1 saturated heterocycles. The molecule has 0 aliphatic carbocycles. The van der Waals surface area contributed by atoms with Crippen molar-refractivity contribution in [2.75, 3.05) is 18.0 Å². The fraction of sp³-hybridized carbons (Fsp3) is 0.412. The number of carbonyl (C=O) groups is 1. The summed E-state index contributed by atoms with van der Waals surface area (Å²) in [4.78, 5) is 20.5. The van der Waals surface area contributed by atoms with E-state index in [4.69, 9.17) is 0 Å². The number of nitrogens with zero attached hydrogens (tertiary/aromatic N) is 3. The number of hydrogen-bond acceptors (Lipinski definition) is 5. The molecule has 23 heavy (non-hydrogen) atoms. The Morgan fingerprint density at radius 2 is 2.17 bits per heavy atom. The zero-order valence-electron chi connectivity index (χ0n) is 13.4. The van der Waals surface area contributed by atoms with Gasteiger partial charge in [0.2, 0.25) is 5.91 Å². The maximum atomic E-state index is 12.1. The highest BCUT2D eigenvalue weighted by Gasteiger charge is 2.22. The van der Waals surface area contributed by atoms with Crippen LogP contribution in [0.5, 0.6) is 0 Å². The fourth-order valence-corrected chi connectivity index (χ4v) is 3.66. The van der Waals surface area contributed by atoms with Crippen LogP contribution >= 0.6 is 11.3 Å². The number of benzene rings is 1. The first-order chi connectivity index (χ1) is 11.0. The van der Waals surface area contributed by atoms with Crippen LogP contribution in [0, 0.1) is 6.92 Å². The van der Waals surface area contributed by atoms with Crippen molar-refractivity contribution in [3.05, 3.63) is 40.9 Å². The number of likely N-dealkylation sites (tertiary alicyclic amines) is 1. The molecule has 0 spiro atoms. The van der Waals surface area contributed by atoms with Gasteiger partial charge in [-0.1, -0.05) is 17.7 Å². The van der Waals surface area contributed by atoms with Gasteiger partial charge in [0.1, 0.15) is 0 Å². The van der Waals surface area contributed by atoms with E-state index in [-0.39, 0.29) is 12.0 Å². The summed E-state index contributed by atoms with van der Waals surface area (Å²) < 4.78 is 0. The summed E-state index contributed by atoms with van der Waals surface area (Å²) in [6.45, 7) is 5.88. The first-order valence-corrected chi connectivity index (χ1v) is 8.63. The summed E-state index contributed by atoms with van der Waals surface area (Å²) in [6, 6.07) is 7.86. The number of hydrogen-bond donors (Lipinski definition) is 1. The molecule has 5 nitrogen and oxygen atoms in total. The Labute approximate surface area is 140 Å². The van der Waals surface area contributed by atoms with Gasteiger partial charge in [-0.05, 0) is 25.5 Å². The van der Waals surface area contributed by atoms with Gasteiger partial charge >= 0.3 is 0 Å². The number of amides is 1. The van der Waals surface area contributed by atoms with Gasteiger partial charge in [-0.2, -0.15) is 0 Å². The van der Waals surface area contributed by atoms with Gasteiger partial charge in [0, 0.05) is 31.9 Å². The second-order valence-corrected chi connectivity index (χ2v) is 6.83. The van der Waals surface area contributed by atoms with Gasteiger partial charge in [0.25, 0.3) is 0 Å². The quantitative estimate of drug-likeness (QED) is 0.936. The molecule has 1 N–H and O–H groups in total. The van der Waals surface area contributed by atoms with Crippen LogP contribution in [0.15, 0.2) is 29.6 Å². The standard InChI is InChI=1S/C17H21N3O2S/c1-12-3-5-15(6-4-12)20(13(2)21)17-18-14(11-23-17)9-19-8-7-16(22)10-19/h3-6,11,16,22H,7-10H2,1-2H3/t16-/m0/s1. The number of β-amino-alcohol motifs (C(OH)–C–C–N with tert-alkyl or cyclic N) is 1. The summed E-state index contributed by atoms with van der Waals surface area (Å²) in [5, 5.41) is 12.3. The SMILES string of the molecule is CC(=O)N(c1ccc(C)cc1)c1nc(CN2CC[C@H](O)C2)cs1. The van der Waals surface area contributed by atoms with Crippen molar-refractivity contribution < 1.29 is 9.90 Å². The molecule has 2 aromatic rings. The average Bonchev–Trinajstić information content (AvgIpc) is 3.11. The topological polar surface area (TPSA) is 56.7 Å². The van der Waals surface area contributed by atoms with Gasteiger partial charge in [-0.15, -0.1) is 11.3 Å². The number of aryl methyl sites for hydroxylation is 1. The van der Waals surface area contributed by atoms with Gasteiger partial charge in [0.05, 0.1) is 17.5 Å². The second kappa shape index (κ2) is 6.78. The fourth-order valence-electron chi connectivity index (χ4n) is 2.78. The number of carbonyl (C=O) groups excluding carboxylic acids is 1. The molecule has 0 saturated carbocycles. The van der Waals surface area contributed by atoms with Crippen molar-refractivity contribution in [1.29, 1.82) is 0 Å². The summed E-state index contributed by atoms with van der Waals surface area (Å²) in [5.41, 5.74) is 2.93. The Kier molecular flexibility index (Phi) is 4.75. The molecule has 1 aliphatic heterocycles. The van der Waals surface area contributed by atoms with Gasteiger partial charge < -0.3 is 5.11 Å². The molecule has 3 rings (SSSR count). The maximum Gasteiger partial charge on any atom is 0.230 e. The molecule has 0 unspecified atom stereocenters. The highest BCUT2D eigenvalue weighted by atomic mass is 32.1. The number of anilines is 2. The van der Waals surface area contributed by atoms with Crippen molar-refractivity contribution in [2.45, 2.75) is 32.9 Å². The monoisotopic (exact) mass is 331 g/mol. The zero-order valence-corrected chi connectivity index (χ0v) is 14.2. The van der Waals surface area contributed by atoms with Gasteiger partial charge in [-0.3, -0.25) is 14.6 Å². The molecule has 1 atom stereocenters. The number of aliphatic hydroxyl groups is 1. The molecule has 0 bridgehead atoms. The van der Waals surface area contributed by atoms with Crippen LogP contribution in [0.3, 0.4) is 0 Å². The molecule has 122 valence electrons. The smallest absolute Gasteiger partial charge is 0.230 e. The van der Waals surface area contributed by atoms with Crippen molar-refractivity contribution in [3.8, 4) is 0 Å². The Morgan fingerprint density at radius 3 is 2.78 bits per heavy atom. The number of aliphatic hydroxyl groups excluding tert-OH is 1. The van der Waals surface area contributed by atoms with Crippen molar-refractivity contribution >= 4 is 28.1 Å². The summed E-state index contributed by atoms with van der Waals surface area (Å²) >= 11 is 1.47. The molecule has 1 aromatic heterocycles. The van der Waals surface area contributed by atoms with Crippen LogP contribution < -0.4 is 4.90 Å². The van der Waals surface area contributed by atoms with E-state index in [1.54, 1.807) is 11.8 Å². The third kappa shape index (κ3) is 3.77. The summed E-state index contributed by atoms with van der Waals surface area (Å²) in [6.07, 6.45) is 0.592. The Hall–Kier alpha value is -1.76. The average molecular weight is 331 g/mol. The lowest BCUT2D eigenvalue weighted by Crippen LogP contribution is -2.23. The van der Waals surface area contributed by atoms with E-state index in [0.29, 0.717) is 18.2 Å². The third-order valence-corrected chi connectivity index (χ3v) is 4.85. The molecular weight excluding hydrogens is 310 g/mol. The molecule has 1 amide bonds. The van der Waals surface area contributed by atoms with Crippen LogP contribution in [0.1, 0.15) is 24.6 Å². The lowest BCUT2D eigenvalue weighted by Gasteiger charge is -2.18. The van der Waals surface area contributed by atoms with E-state index in [2.05, 4.69) is 9.88 Å². The maximum absolute atomic E-state index is 12.1. The number of thiazole rings is 1. The Balaban J connectivity index is 1.78. The summed E-state index contributed by atoms with van der Waals surface area (Å²) in [5.74, 6) is -0.0497. The van der Waals surface area contributed by atoms with Crippen LogP contribution in [-0.4, -0.2) is 40.1 Å². The van der Waals surface area contributed by atoms with Crippen molar-refractivity contribution in [1.82, 2.24) is 9.88 Å². The largest absolute Gasteiger partial charge is 0.392 e. The highest BCUT2D eigenvalue weighted by molar-refractivity contribution is 7.14. The Bertz CT molecular complexity index is 683. The van der Waals surface area contributed by atoms with Crippen LogP contribution in [0.4, 0.5) is 10.8 Å². The normalized spacial score (nSPS) is 18.3. The van der Waals surface area contributed by atoms with E-state index in [1.807, 2.05) is 36.6 Å². The molecule has 6 heteroatoms. The van der Waals surface area contributed by atoms with E-state index in [9.17, 15) is 9.90 Å². The van der Waals surface area contributed by atoms with E-state index in [0.717, 1.165) is 29.9 Å². The van der Waals surface area contributed by atoms with E-state index >= 15 is 0 Å². The molecule has 1 aliphatic rings. The predicted molar refractivity (Wildman–Crippen MR) is 92.0 cm³/mol. The minimum atomic E-state index is -0.227. The predicted octanol–water partition coefficient (Wildman–Crippen LogP) is 2.70. The molecule has 0 radical (unpaired) electrons. The van der Waals surface area contributed by atoms with Gasteiger partial charge in [0.15, 0.2) is 5.13 Å². The zero-order chi connectivity index (χ0) is 16.4. The first kappa shape index (κ1) is 16.1. The molecule has 1 aromatic carbocycles. The highest BCUT2D eigenvalue weighted by Crippen LogP contribution is 2.29. The van der Waals surface area contributed by atoms with E-state index in [1.165, 1.54) is 11.3 Å².